The van der Waals surface area contributed by atoms with Crippen LogP contribution in [0.15, 0.2) is 249 Å². The first kappa shape index (κ1) is 36.5. The molecule has 0 aliphatic rings. The molecule has 3 nitrogen and oxygen atoms in total. The summed E-state index contributed by atoms with van der Waals surface area (Å²) >= 11 is 0. The van der Waals surface area contributed by atoms with E-state index >= 15 is 0 Å². The molecule has 0 fully saturated rings. The monoisotopic (exact) mass is 803 g/mol. The zero-order chi connectivity index (χ0) is 41.7. The van der Waals surface area contributed by atoms with Crippen LogP contribution in [-0.4, -0.2) is 9.13 Å². The van der Waals surface area contributed by atoms with Gasteiger partial charge in [0, 0.05) is 50.0 Å². The Morgan fingerprint density at radius 1 is 0.222 bits per heavy atom. The summed E-state index contributed by atoms with van der Waals surface area (Å²) in [6.07, 6.45) is 0. The molecule has 0 spiro atoms. The molecule has 63 heavy (non-hydrogen) atoms. The predicted octanol–water partition coefficient (Wildman–Crippen LogP) is 16.4. The highest BCUT2D eigenvalue weighted by molar-refractivity contribution is 6.12. The Morgan fingerprint density at radius 2 is 0.603 bits per heavy atom. The van der Waals surface area contributed by atoms with Crippen molar-refractivity contribution < 1.29 is 0 Å². The largest absolute Gasteiger partial charge is 0.310 e. The minimum atomic E-state index is 1.11. The summed E-state index contributed by atoms with van der Waals surface area (Å²) in [4.78, 5) is 2.33. The zero-order valence-corrected chi connectivity index (χ0v) is 34.5. The van der Waals surface area contributed by atoms with Crippen LogP contribution in [0.25, 0.3) is 88.4 Å². The number of hydrogen-bond acceptors (Lipinski definition) is 1. The molecular formula is C60H41N3. The molecule has 0 atom stereocenters. The molecule has 2 aromatic heterocycles. The molecule has 2 heterocycles. The van der Waals surface area contributed by atoms with E-state index in [9.17, 15) is 0 Å². The van der Waals surface area contributed by atoms with Crippen LogP contribution >= 0.6 is 0 Å². The van der Waals surface area contributed by atoms with Crippen molar-refractivity contribution in [2.24, 2.45) is 0 Å². The van der Waals surface area contributed by atoms with Crippen LogP contribution < -0.4 is 4.90 Å². The Bertz CT molecular complexity index is 3580. The molecule has 296 valence electrons. The lowest BCUT2D eigenvalue weighted by Gasteiger charge is -2.26. The standard InChI is InChI=1S/C60H41N3/c1-4-15-42(16-5-1)43-27-33-50(34-28-43)61(48-18-6-2-7-19-48)52-22-14-17-45(39-52)44-29-35-51(36-30-44)63-58-26-13-11-24-54(58)56-41-47(32-38-60(56)63)46-31-37-59-55(40-46)53-23-10-12-25-57(53)62(59)49-20-8-3-9-21-49/h1-41H. The molecule has 0 radical (unpaired) electrons. The van der Waals surface area contributed by atoms with Crippen LogP contribution in [0.5, 0.6) is 0 Å². The molecule has 0 aliphatic heterocycles. The summed E-state index contributed by atoms with van der Waals surface area (Å²) in [6, 6.07) is 90.0. The maximum absolute atomic E-state index is 2.40. The van der Waals surface area contributed by atoms with Gasteiger partial charge in [-0.1, -0.05) is 152 Å². The zero-order valence-electron chi connectivity index (χ0n) is 34.5. The quantitative estimate of drug-likeness (QED) is 0.149. The van der Waals surface area contributed by atoms with Gasteiger partial charge in [0.2, 0.25) is 0 Å². The Kier molecular flexibility index (Phi) is 8.83. The van der Waals surface area contributed by atoms with E-state index in [1.54, 1.807) is 0 Å². The van der Waals surface area contributed by atoms with Crippen molar-refractivity contribution in [1.82, 2.24) is 9.13 Å². The van der Waals surface area contributed by atoms with Crippen molar-refractivity contribution >= 4 is 60.7 Å². The molecule has 0 saturated carbocycles. The van der Waals surface area contributed by atoms with E-state index in [2.05, 4.69) is 263 Å². The van der Waals surface area contributed by atoms with E-state index in [1.807, 2.05) is 0 Å². The number of para-hydroxylation sites is 4. The molecule has 12 aromatic rings. The van der Waals surface area contributed by atoms with Crippen LogP contribution in [0.2, 0.25) is 0 Å². The number of benzene rings is 10. The lowest BCUT2D eigenvalue weighted by Crippen LogP contribution is -2.09. The molecule has 0 N–H and O–H groups in total. The average molecular weight is 804 g/mol. The summed E-state index contributed by atoms with van der Waals surface area (Å²) in [5.41, 5.74) is 17.6. The summed E-state index contributed by atoms with van der Waals surface area (Å²) in [6.45, 7) is 0. The summed E-state index contributed by atoms with van der Waals surface area (Å²) in [7, 11) is 0. The Labute approximate surface area is 366 Å². The van der Waals surface area contributed by atoms with Gasteiger partial charge in [0.25, 0.3) is 0 Å². The molecule has 0 aliphatic carbocycles. The highest BCUT2D eigenvalue weighted by Crippen LogP contribution is 2.40. The van der Waals surface area contributed by atoms with Crippen LogP contribution in [0.3, 0.4) is 0 Å². The van der Waals surface area contributed by atoms with Crippen molar-refractivity contribution in [3.63, 3.8) is 0 Å². The average Bonchev–Trinajstić information content (AvgIpc) is 3.87. The van der Waals surface area contributed by atoms with E-state index in [0.717, 1.165) is 28.3 Å². The Hall–Kier alpha value is -8.40. The Morgan fingerprint density at radius 3 is 1.21 bits per heavy atom. The van der Waals surface area contributed by atoms with Gasteiger partial charge in [-0.25, -0.2) is 0 Å². The van der Waals surface area contributed by atoms with E-state index in [1.165, 1.54) is 77.1 Å². The van der Waals surface area contributed by atoms with Crippen molar-refractivity contribution in [2.45, 2.75) is 0 Å². The summed E-state index contributed by atoms with van der Waals surface area (Å²) < 4.78 is 4.78. The Balaban J connectivity index is 0.898. The normalized spacial score (nSPS) is 11.5. The predicted molar refractivity (Wildman–Crippen MR) is 266 cm³/mol. The van der Waals surface area contributed by atoms with Gasteiger partial charge in [-0.05, 0) is 130 Å². The smallest absolute Gasteiger partial charge is 0.0541 e. The van der Waals surface area contributed by atoms with Crippen molar-refractivity contribution in [3.05, 3.63) is 249 Å². The number of aromatic nitrogens is 2. The fourth-order valence-corrected chi connectivity index (χ4v) is 9.52. The van der Waals surface area contributed by atoms with Gasteiger partial charge in [-0.2, -0.15) is 0 Å². The third-order valence-corrected chi connectivity index (χ3v) is 12.5. The molecule has 3 heteroatoms. The minimum Gasteiger partial charge on any atom is -0.310 e. The summed E-state index contributed by atoms with van der Waals surface area (Å²) in [5, 5.41) is 4.99. The van der Waals surface area contributed by atoms with Gasteiger partial charge in [0.1, 0.15) is 0 Å². The number of fused-ring (bicyclic) bond motifs is 6. The lowest BCUT2D eigenvalue weighted by atomic mass is 10.0. The fraction of sp³-hybridized carbons (Fsp3) is 0. The molecule has 10 aromatic carbocycles. The first-order valence-electron chi connectivity index (χ1n) is 21.6. The third kappa shape index (κ3) is 6.38. The molecular weight excluding hydrogens is 763 g/mol. The number of nitrogens with zero attached hydrogens (tertiary/aromatic N) is 3. The van der Waals surface area contributed by atoms with Gasteiger partial charge < -0.3 is 14.0 Å². The van der Waals surface area contributed by atoms with Crippen LogP contribution in [0.4, 0.5) is 17.1 Å². The molecule has 0 unspecified atom stereocenters. The number of hydrogen-bond donors (Lipinski definition) is 0. The topological polar surface area (TPSA) is 13.1 Å². The lowest BCUT2D eigenvalue weighted by molar-refractivity contribution is 1.18. The third-order valence-electron chi connectivity index (χ3n) is 12.5. The number of rotatable bonds is 8. The molecule has 12 rings (SSSR count). The second-order valence-electron chi connectivity index (χ2n) is 16.2. The number of anilines is 3. The summed E-state index contributed by atoms with van der Waals surface area (Å²) in [5.74, 6) is 0. The van der Waals surface area contributed by atoms with Crippen molar-refractivity contribution in [3.8, 4) is 44.8 Å². The first-order chi connectivity index (χ1) is 31.2. The first-order valence-corrected chi connectivity index (χ1v) is 21.6. The maximum Gasteiger partial charge on any atom is 0.0541 e. The molecule has 0 amide bonds. The van der Waals surface area contributed by atoms with E-state index in [0.29, 0.717) is 0 Å². The second-order valence-corrected chi connectivity index (χ2v) is 16.2. The maximum atomic E-state index is 2.40. The van der Waals surface area contributed by atoms with Gasteiger partial charge in [-0.3, -0.25) is 0 Å². The van der Waals surface area contributed by atoms with E-state index in [4.69, 9.17) is 0 Å². The SMILES string of the molecule is c1ccc(-c2ccc(N(c3ccccc3)c3cccc(-c4ccc(-n5c6ccccc6c6cc(-c7ccc8c(c7)c7ccccc7n8-c7ccccc7)ccc65)cc4)c3)cc2)cc1. The van der Waals surface area contributed by atoms with Crippen LogP contribution in [0, 0.1) is 0 Å². The van der Waals surface area contributed by atoms with Gasteiger partial charge in [-0.15, -0.1) is 0 Å². The van der Waals surface area contributed by atoms with Crippen LogP contribution in [-0.2, 0) is 0 Å². The molecule has 0 bridgehead atoms. The van der Waals surface area contributed by atoms with Gasteiger partial charge in [0.15, 0.2) is 0 Å². The van der Waals surface area contributed by atoms with Crippen LogP contribution in [0.1, 0.15) is 0 Å². The highest BCUT2D eigenvalue weighted by atomic mass is 15.1. The molecule has 0 saturated heterocycles. The fourth-order valence-electron chi connectivity index (χ4n) is 9.52. The second kappa shape index (κ2) is 15.3. The highest BCUT2D eigenvalue weighted by Gasteiger charge is 2.17. The van der Waals surface area contributed by atoms with Gasteiger partial charge >= 0.3 is 0 Å². The minimum absolute atomic E-state index is 1.11. The van der Waals surface area contributed by atoms with Gasteiger partial charge in [0.05, 0.1) is 22.1 Å². The van der Waals surface area contributed by atoms with E-state index < -0.39 is 0 Å². The van der Waals surface area contributed by atoms with E-state index in [-0.39, 0.29) is 0 Å². The van der Waals surface area contributed by atoms with Crippen molar-refractivity contribution in [2.75, 3.05) is 4.90 Å². The van der Waals surface area contributed by atoms with Crippen molar-refractivity contribution in [1.29, 1.82) is 0 Å².